The van der Waals surface area contributed by atoms with Gasteiger partial charge in [0, 0.05) is 4.32 Å². The maximum Gasteiger partial charge on any atom is 0.310 e. The average molecular weight is 207 g/mol. The lowest BCUT2D eigenvalue weighted by Gasteiger charge is -2.00. The molecular formula is C7H11BrO2. The topological polar surface area (TPSA) is 26.3 Å². The van der Waals surface area contributed by atoms with Crippen molar-refractivity contribution < 1.29 is 9.53 Å². The molecule has 0 N–H and O–H groups in total. The molecule has 3 heteroatoms. The molecule has 0 aromatic heterocycles. The molecular weight excluding hydrogens is 196 g/mol. The molecule has 0 saturated heterocycles. The highest BCUT2D eigenvalue weighted by atomic mass is 79.9. The first-order valence-electron chi connectivity index (χ1n) is 3.43. The molecule has 2 nitrogen and oxygen atoms in total. The van der Waals surface area contributed by atoms with Crippen molar-refractivity contribution in [2.24, 2.45) is 5.92 Å². The van der Waals surface area contributed by atoms with Crippen molar-refractivity contribution in [3.63, 3.8) is 0 Å². The Balaban J connectivity index is 2.33. The number of carbonyl (C=O) groups is 1. The van der Waals surface area contributed by atoms with E-state index in [1.54, 1.807) is 0 Å². The van der Waals surface area contributed by atoms with E-state index in [4.69, 9.17) is 4.74 Å². The van der Waals surface area contributed by atoms with Gasteiger partial charge in [-0.15, -0.1) is 0 Å². The number of rotatable bonds is 2. The third-order valence-corrected chi connectivity index (χ3v) is 2.62. The molecule has 0 spiro atoms. The van der Waals surface area contributed by atoms with Crippen LogP contribution in [0.1, 0.15) is 20.3 Å². The van der Waals surface area contributed by atoms with Crippen LogP contribution >= 0.6 is 15.9 Å². The molecule has 0 aromatic carbocycles. The van der Waals surface area contributed by atoms with Crippen LogP contribution in [0.3, 0.4) is 0 Å². The summed E-state index contributed by atoms with van der Waals surface area (Å²) in [5, 5.41) is 0. The predicted molar refractivity (Wildman–Crippen MR) is 42.1 cm³/mol. The van der Waals surface area contributed by atoms with Crippen LogP contribution in [0.15, 0.2) is 0 Å². The van der Waals surface area contributed by atoms with Gasteiger partial charge in [0.05, 0.1) is 12.5 Å². The fraction of sp³-hybridized carbons (Fsp3) is 0.857. The third-order valence-electron chi connectivity index (χ3n) is 1.74. The maximum absolute atomic E-state index is 11.0. The van der Waals surface area contributed by atoms with Crippen LogP contribution in [0.25, 0.3) is 0 Å². The van der Waals surface area contributed by atoms with Crippen molar-refractivity contribution in [3.8, 4) is 0 Å². The highest BCUT2D eigenvalue weighted by Gasteiger charge is 2.53. The Kier molecular flexibility index (Phi) is 2.04. The van der Waals surface area contributed by atoms with Gasteiger partial charge in [0.25, 0.3) is 0 Å². The lowest BCUT2D eigenvalue weighted by atomic mass is 10.3. The van der Waals surface area contributed by atoms with E-state index < -0.39 is 0 Å². The SMILES string of the molecule is CCOC(=O)[C@@H]1C[C@]1(C)Br. The molecule has 0 aromatic rings. The Hall–Kier alpha value is -0.0500. The van der Waals surface area contributed by atoms with Gasteiger partial charge in [0.2, 0.25) is 0 Å². The minimum atomic E-state index is -0.0677. The maximum atomic E-state index is 11.0. The van der Waals surface area contributed by atoms with Crippen LogP contribution in [-0.4, -0.2) is 16.9 Å². The van der Waals surface area contributed by atoms with E-state index in [-0.39, 0.29) is 16.2 Å². The Labute approximate surface area is 69.1 Å². The van der Waals surface area contributed by atoms with Gasteiger partial charge in [-0.25, -0.2) is 0 Å². The van der Waals surface area contributed by atoms with Gasteiger partial charge in [-0.2, -0.15) is 0 Å². The smallest absolute Gasteiger partial charge is 0.310 e. The monoisotopic (exact) mass is 206 g/mol. The van der Waals surface area contributed by atoms with E-state index in [1.165, 1.54) is 0 Å². The van der Waals surface area contributed by atoms with Crippen molar-refractivity contribution in [2.45, 2.75) is 24.6 Å². The molecule has 0 unspecified atom stereocenters. The Morgan fingerprint density at radius 2 is 2.40 bits per heavy atom. The van der Waals surface area contributed by atoms with Crippen molar-refractivity contribution in [3.05, 3.63) is 0 Å². The van der Waals surface area contributed by atoms with Crippen LogP contribution < -0.4 is 0 Å². The molecule has 1 aliphatic carbocycles. The van der Waals surface area contributed by atoms with Gasteiger partial charge < -0.3 is 4.74 Å². The quantitative estimate of drug-likeness (QED) is 0.509. The van der Waals surface area contributed by atoms with E-state index in [0.717, 1.165) is 6.42 Å². The fourth-order valence-corrected chi connectivity index (χ4v) is 1.42. The summed E-state index contributed by atoms with van der Waals surface area (Å²) in [5.74, 6) is 0.0225. The largest absolute Gasteiger partial charge is 0.466 e. The Bertz CT molecular complexity index is 154. The average Bonchev–Trinajstić information content (AvgIpc) is 2.41. The summed E-state index contributed by atoms with van der Waals surface area (Å²) >= 11 is 3.42. The molecule has 0 bridgehead atoms. The Morgan fingerprint density at radius 1 is 1.90 bits per heavy atom. The molecule has 10 heavy (non-hydrogen) atoms. The Morgan fingerprint density at radius 3 is 2.70 bits per heavy atom. The summed E-state index contributed by atoms with van der Waals surface area (Å²) < 4.78 is 4.86. The number of alkyl halides is 1. The molecule has 1 fully saturated rings. The molecule has 0 heterocycles. The molecule has 0 aliphatic heterocycles. The zero-order valence-electron chi connectivity index (χ0n) is 6.19. The number of ether oxygens (including phenoxy) is 1. The van der Waals surface area contributed by atoms with Crippen LogP contribution in [-0.2, 0) is 9.53 Å². The number of halogens is 1. The van der Waals surface area contributed by atoms with Crippen LogP contribution in [0.4, 0.5) is 0 Å². The summed E-state index contributed by atoms with van der Waals surface area (Å²) in [5.41, 5.74) is 0. The van der Waals surface area contributed by atoms with E-state index in [0.29, 0.717) is 6.61 Å². The highest BCUT2D eigenvalue weighted by Crippen LogP contribution is 2.51. The highest BCUT2D eigenvalue weighted by molar-refractivity contribution is 9.10. The molecule has 2 atom stereocenters. The first-order valence-corrected chi connectivity index (χ1v) is 4.23. The molecule has 1 saturated carbocycles. The van der Waals surface area contributed by atoms with Crippen LogP contribution in [0.5, 0.6) is 0 Å². The normalized spacial score (nSPS) is 37.3. The third kappa shape index (κ3) is 1.51. The van der Waals surface area contributed by atoms with Gasteiger partial charge in [-0.1, -0.05) is 15.9 Å². The van der Waals surface area contributed by atoms with Crippen molar-refractivity contribution in [2.75, 3.05) is 6.61 Å². The second-order valence-corrected chi connectivity index (χ2v) is 4.60. The number of carbonyl (C=O) groups excluding carboxylic acids is 1. The second kappa shape index (κ2) is 2.53. The fourth-order valence-electron chi connectivity index (χ4n) is 0.912. The summed E-state index contributed by atoms with van der Waals surface area (Å²) in [6.07, 6.45) is 0.909. The minimum absolute atomic E-state index is 0.0270. The summed E-state index contributed by atoms with van der Waals surface area (Å²) in [4.78, 5) is 11.0. The zero-order valence-corrected chi connectivity index (χ0v) is 7.77. The molecule has 0 amide bonds. The van der Waals surface area contributed by atoms with E-state index >= 15 is 0 Å². The molecule has 58 valence electrons. The lowest BCUT2D eigenvalue weighted by Crippen LogP contribution is -2.10. The van der Waals surface area contributed by atoms with Crippen LogP contribution in [0, 0.1) is 5.92 Å². The van der Waals surface area contributed by atoms with Gasteiger partial charge in [0.15, 0.2) is 0 Å². The lowest BCUT2D eigenvalue weighted by molar-refractivity contribution is -0.144. The van der Waals surface area contributed by atoms with Crippen LogP contribution in [0.2, 0.25) is 0 Å². The van der Waals surface area contributed by atoms with Crippen molar-refractivity contribution in [1.82, 2.24) is 0 Å². The standard InChI is InChI=1S/C7H11BrO2/c1-3-10-6(9)5-4-7(5,2)8/h5H,3-4H2,1-2H3/t5-,7-/m0/s1. The number of esters is 1. The zero-order chi connectivity index (χ0) is 7.78. The van der Waals surface area contributed by atoms with Gasteiger partial charge in [-0.05, 0) is 20.3 Å². The minimum Gasteiger partial charge on any atom is -0.466 e. The second-order valence-electron chi connectivity index (χ2n) is 2.79. The molecule has 1 rings (SSSR count). The first-order chi connectivity index (χ1) is 4.58. The summed E-state index contributed by atoms with van der Waals surface area (Å²) in [7, 11) is 0. The number of hydrogen-bond donors (Lipinski definition) is 0. The van der Waals surface area contributed by atoms with Crippen molar-refractivity contribution >= 4 is 21.9 Å². The molecule has 0 radical (unpaired) electrons. The van der Waals surface area contributed by atoms with Crippen molar-refractivity contribution in [1.29, 1.82) is 0 Å². The summed E-state index contributed by atoms with van der Waals surface area (Å²) in [6, 6.07) is 0. The van der Waals surface area contributed by atoms with Gasteiger partial charge in [-0.3, -0.25) is 4.79 Å². The number of hydrogen-bond acceptors (Lipinski definition) is 2. The summed E-state index contributed by atoms with van der Waals surface area (Å²) in [6.45, 7) is 4.32. The first kappa shape index (κ1) is 8.05. The molecule has 1 aliphatic rings. The van der Waals surface area contributed by atoms with E-state index in [2.05, 4.69) is 15.9 Å². The van der Waals surface area contributed by atoms with Gasteiger partial charge in [0.1, 0.15) is 0 Å². The van der Waals surface area contributed by atoms with Gasteiger partial charge >= 0.3 is 5.97 Å². The predicted octanol–water partition coefficient (Wildman–Crippen LogP) is 1.72. The van der Waals surface area contributed by atoms with E-state index in [9.17, 15) is 4.79 Å². The van der Waals surface area contributed by atoms with E-state index in [1.807, 2.05) is 13.8 Å².